The van der Waals surface area contributed by atoms with Gasteiger partial charge in [0.25, 0.3) is 0 Å². The number of ether oxygens (including phenoxy) is 1. The molecular formula is C11H13ClN2O4S. The van der Waals surface area contributed by atoms with Crippen LogP contribution in [0.25, 0.3) is 0 Å². The van der Waals surface area contributed by atoms with E-state index in [0.29, 0.717) is 10.7 Å². The lowest BCUT2D eigenvalue weighted by molar-refractivity contribution is 0.143. The summed E-state index contributed by atoms with van der Waals surface area (Å²) in [5.41, 5.74) is 0.624. The quantitative estimate of drug-likeness (QED) is 0.907. The van der Waals surface area contributed by atoms with E-state index >= 15 is 0 Å². The molecule has 1 atom stereocenters. The molecule has 1 aromatic rings. The lowest BCUT2D eigenvalue weighted by Crippen LogP contribution is -2.33. The summed E-state index contributed by atoms with van der Waals surface area (Å²) in [7, 11) is -3.30. The highest BCUT2D eigenvalue weighted by Crippen LogP contribution is 2.24. The zero-order valence-electron chi connectivity index (χ0n) is 10.2. The van der Waals surface area contributed by atoms with Gasteiger partial charge in [0.2, 0.25) is 10.0 Å². The third-order valence-corrected chi connectivity index (χ3v) is 3.49. The normalized spacial score (nSPS) is 19.6. The van der Waals surface area contributed by atoms with Gasteiger partial charge in [0.05, 0.1) is 12.8 Å². The molecule has 1 heterocycles. The van der Waals surface area contributed by atoms with Gasteiger partial charge in [-0.1, -0.05) is 17.7 Å². The number of amides is 1. The molecule has 1 aliphatic rings. The van der Waals surface area contributed by atoms with Crippen molar-refractivity contribution in [2.45, 2.75) is 6.10 Å². The van der Waals surface area contributed by atoms with E-state index in [9.17, 15) is 13.2 Å². The van der Waals surface area contributed by atoms with E-state index in [4.69, 9.17) is 16.3 Å². The fourth-order valence-electron chi connectivity index (χ4n) is 1.73. The molecule has 1 fully saturated rings. The van der Waals surface area contributed by atoms with Crippen LogP contribution in [0.5, 0.6) is 0 Å². The molecule has 0 aromatic heterocycles. The highest BCUT2D eigenvalue weighted by atomic mass is 35.5. The van der Waals surface area contributed by atoms with E-state index in [1.54, 1.807) is 24.3 Å². The Kier molecular flexibility index (Phi) is 3.98. The minimum Gasteiger partial charge on any atom is -0.443 e. The molecule has 0 saturated carbocycles. The zero-order valence-corrected chi connectivity index (χ0v) is 11.7. The molecule has 1 aromatic carbocycles. The maximum Gasteiger partial charge on any atom is 0.414 e. The Balaban J connectivity index is 2.04. The van der Waals surface area contributed by atoms with E-state index in [1.807, 2.05) is 0 Å². The third-order valence-electron chi connectivity index (χ3n) is 2.57. The Bertz CT molecular complexity index is 590. The first-order valence-electron chi connectivity index (χ1n) is 5.53. The van der Waals surface area contributed by atoms with Crippen LogP contribution in [0.1, 0.15) is 0 Å². The van der Waals surface area contributed by atoms with Gasteiger partial charge in [0.1, 0.15) is 6.10 Å². The van der Waals surface area contributed by atoms with E-state index in [-0.39, 0.29) is 13.1 Å². The number of cyclic esters (lactones) is 1. The molecule has 0 radical (unpaired) electrons. The number of carbonyl (C=O) groups excluding carboxylic acids is 1. The van der Waals surface area contributed by atoms with Crippen LogP contribution in [0.2, 0.25) is 5.02 Å². The molecule has 6 nitrogen and oxygen atoms in total. The number of nitrogens with zero attached hydrogens (tertiary/aromatic N) is 1. The SMILES string of the molecule is CS(=O)(=O)NCC1CN(c2cccc(Cl)c2)C(=O)O1. The summed E-state index contributed by atoms with van der Waals surface area (Å²) in [6, 6.07) is 6.82. The van der Waals surface area contributed by atoms with E-state index < -0.39 is 22.2 Å². The Labute approximate surface area is 116 Å². The molecule has 0 aliphatic carbocycles. The first-order valence-corrected chi connectivity index (χ1v) is 7.80. The summed E-state index contributed by atoms with van der Waals surface area (Å²) in [4.78, 5) is 13.1. The number of halogens is 1. The molecule has 2 rings (SSSR count). The van der Waals surface area contributed by atoms with Crippen molar-refractivity contribution in [3.63, 3.8) is 0 Å². The number of anilines is 1. The highest BCUT2D eigenvalue weighted by Gasteiger charge is 2.32. The second kappa shape index (κ2) is 5.36. The van der Waals surface area contributed by atoms with E-state index in [0.717, 1.165) is 6.26 Å². The van der Waals surface area contributed by atoms with Crippen LogP contribution in [-0.2, 0) is 14.8 Å². The van der Waals surface area contributed by atoms with Gasteiger partial charge < -0.3 is 4.74 Å². The molecule has 19 heavy (non-hydrogen) atoms. The lowest BCUT2D eigenvalue weighted by atomic mass is 10.3. The van der Waals surface area contributed by atoms with Gasteiger partial charge in [-0.05, 0) is 18.2 Å². The highest BCUT2D eigenvalue weighted by molar-refractivity contribution is 7.88. The standard InChI is InChI=1S/C11H13ClN2O4S/c1-19(16,17)13-6-10-7-14(11(15)18-10)9-4-2-3-8(12)5-9/h2-5,10,13H,6-7H2,1H3. The largest absolute Gasteiger partial charge is 0.443 e. The van der Waals surface area contributed by atoms with Crippen LogP contribution in [0.3, 0.4) is 0 Å². The summed E-state index contributed by atoms with van der Waals surface area (Å²) in [6.45, 7) is 0.337. The fourth-order valence-corrected chi connectivity index (χ4v) is 2.40. The molecule has 1 unspecified atom stereocenters. The van der Waals surface area contributed by atoms with Crippen molar-refractivity contribution >= 4 is 33.4 Å². The number of nitrogens with one attached hydrogen (secondary N) is 1. The van der Waals surface area contributed by atoms with E-state index in [2.05, 4.69) is 4.72 Å². The lowest BCUT2D eigenvalue weighted by Gasteiger charge is -2.13. The maximum atomic E-state index is 11.7. The molecule has 1 saturated heterocycles. The number of hydrogen-bond acceptors (Lipinski definition) is 4. The third kappa shape index (κ3) is 3.82. The van der Waals surface area contributed by atoms with Gasteiger partial charge in [-0.3, -0.25) is 4.90 Å². The summed E-state index contributed by atoms with van der Waals surface area (Å²) in [5, 5.41) is 0.517. The molecule has 104 valence electrons. The molecular weight excluding hydrogens is 292 g/mol. The number of carbonyl (C=O) groups is 1. The summed E-state index contributed by atoms with van der Waals surface area (Å²) < 4.78 is 29.4. The van der Waals surface area contributed by atoms with Crippen LogP contribution in [0, 0.1) is 0 Å². The van der Waals surface area contributed by atoms with Crippen LogP contribution in [-0.4, -0.2) is 40.0 Å². The van der Waals surface area contributed by atoms with Crippen LogP contribution < -0.4 is 9.62 Å². The van der Waals surface area contributed by atoms with Gasteiger partial charge >= 0.3 is 6.09 Å². The van der Waals surface area contributed by atoms with Crippen LogP contribution in [0.15, 0.2) is 24.3 Å². The topological polar surface area (TPSA) is 75.7 Å². The smallest absolute Gasteiger partial charge is 0.414 e. The Hall–Kier alpha value is -1.31. The van der Waals surface area contributed by atoms with Crippen LogP contribution >= 0.6 is 11.6 Å². The first kappa shape index (κ1) is 14.1. The molecule has 0 bridgehead atoms. The second-order valence-electron chi connectivity index (χ2n) is 4.22. The minimum atomic E-state index is -3.30. The average Bonchev–Trinajstić information content (AvgIpc) is 2.67. The molecule has 1 amide bonds. The second-order valence-corrected chi connectivity index (χ2v) is 6.49. The molecule has 0 spiro atoms. The van der Waals surface area contributed by atoms with Crippen molar-refractivity contribution < 1.29 is 17.9 Å². The zero-order chi connectivity index (χ0) is 14.0. The molecule has 1 aliphatic heterocycles. The van der Waals surface area contributed by atoms with Gasteiger partial charge in [-0.15, -0.1) is 0 Å². The number of rotatable bonds is 4. The van der Waals surface area contributed by atoms with Crippen molar-refractivity contribution in [1.29, 1.82) is 0 Å². The van der Waals surface area contributed by atoms with Gasteiger partial charge in [-0.2, -0.15) is 0 Å². The number of benzene rings is 1. The van der Waals surface area contributed by atoms with Crippen molar-refractivity contribution in [2.75, 3.05) is 24.2 Å². The summed E-state index contributed by atoms with van der Waals surface area (Å²) in [5.74, 6) is 0. The van der Waals surface area contributed by atoms with Crippen LogP contribution in [0.4, 0.5) is 10.5 Å². The Morgan fingerprint density at radius 3 is 2.89 bits per heavy atom. The predicted octanol–water partition coefficient (Wildman–Crippen LogP) is 1.21. The maximum absolute atomic E-state index is 11.7. The van der Waals surface area contributed by atoms with Crippen molar-refractivity contribution in [1.82, 2.24) is 4.72 Å². The monoisotopic (exact) mass is 304 g/mol. The van der Waals surface area contributed by atoms with E-state index in [1.165, 1.54) is 4.90 Å². The summed E-state index contributed by atoms with van der Waals surface area (Å²) in [6.07, 6.45) is 0.0298. The van der Waals surface area contributed by atoms with Crippen molar-refractivity contribution in [3.8, 4) is 0 Å². The minimum absolute atomic E-state index is 0.0572. The fraction of sp³-hybridized carbons (Fsp3) is 0.364. The average molecular weight is 305 g/mol. The molecule has 8 heteroatoms. The number of hydrogen-bond donors (Lipinski definition) is 1. The van der Waals surface area contributed by atoms with Gasteiger partial charge in [0, 0.05) is 17.3 Å². The van der Waals surface area contributed by atoms with Gasteiger partial charge in [0.15, 0.2) is 0 Å². The Morgan fingerprint density at radius 2 is 2.26 bits per heavy atom. The van der Waals surface area contributed by atoms with Crippen molar-refractivity contribution in [3.05, 3.63) is 29.3 Å². The Morgan fingerprint density at radius 1 is 1.53 bits per heavy atom. The predicted molar refractivity (Wildman–Crippen MR) is 71.9 cm³/mol. The number of sulfonamides is 1. The summed E-state index contributed by atoms with van der Waals surface area (Å²) >= 11 is 5.86. The van der Waals surface area contributed by atoms with Crippen molar-refractivity contribution in [2.24, 2.45) is 0 Å². The van der Waals surface area contributed by atoms with Gasteiger partial charge in [-0.25, -0.2) is 17.9 Å². The first-order chi connectivity index (χ1) is 8.85. The molecule has 1 N–H and O–H groups in total.